The van der Waals surface area contributed by atoms with Crippen LogP contribution in [-0.2, 0) is 30.1 Å². The molecule has 40 heavy (non-hydrogen) atoms. The Morgan fingerprint density at radius 1 is 0.825 bits per heavy atom. The number of ether oxygens (including phenoxy) is 4. The zero-order valence-corrected chi connectivity index (χ0v) is 22.1. The lowest BCUT2D eigenvalue weighted by Crippen LogP contribution is -2.61. The van der Waals surface area contributed by atoms with E-state index in [1.54, 1.807) is 0 Å². The second kappa shape index (κ2) is 10.2. The normalized spacial score (nSPS) is 23.9. The van der Waals surface area contributed by atoms with Gasteiger partial charge < -0.3 is 29.8 Å². The molecule has 0 radical (unpaired) electrons. The summed E-state index contributed by atoms with van der Waals surface area (Å²) in [6.07, 6.45) is -3.69. The third-order valence-corrected chi connectivity index (χ3v) is 7.83. The number of carbonyl (C=O) groups is 1. The third kappa shape index (κ3) is 3.93. The van der Waals surface area contributed by atoms with Crippen molar-refractivity contribution in [2.24, 2.45) is 5.73 Å². The Morgan fingerprint density at radius 2 is 1.27 bits per heavy atom. The number of hydrogen-bond donors (Lipinski definition) is 2. The van der Waals surface area contributed by atoms with Crippen molar-refractivity contribution in [1.29, 1.82) is 0 Å². The topological polar surface area (TPSA) is 100 Å². The molecule has 7 nitrogen and oxygen atoms in total. The predicted molar refractivity (Wildman–Crippen MR) is 148 cm³/mol. The van der Waals surface area contributed by atoms with Crippen LogP contribution >= 0.6 is 0 Å². The van der Waals surface area contributed by atoms with Gasteiger partial charge in [0.2, 0.25) is 0 Å². The highest BCUT2D eigenvalue weighted by Gasteiger charge is 2.75. The molecule has 2 saturated heterocycles. The average molecular weight is 538 g/mol. The summed E-state index contributed by atoms with van der Waals surface area (Å²) >= 11 is 0. The van der Waals surface area contributed by atoms with E-state index >= 15 is 0 Å². The molecule has 204 valence electrons. The van der Waals surface area contributed by atoms with Crippen LogP contribution < -0.4 is 5.73 Å². The largest absolute Gasteiger partial charge is 0.430 e. The smallest absolute Gasteiger partial charge is 0.405 e. The molecule has 2 aliphatic rings. The van der Waals surface area contributed by atoms with E-state index < -0.39 is 41.6 Å². The first-order valence-electron chi connectivity index (χ1n) is 13.4. The van der Waals surface area contributed by atoms with E-state index in [1.807, 2.05) is 128 Å². The van der Waals surface area contributed by atoms with Crippen molar-refractivity contribution in [3.63, 3.8) is 0 Å². The summed E-state index contributed by atoms with van der Waals surface area (Å²) in [5.74, 6) is -1.84. The minimum atomic E-state index is -1.84. The van der Waals surface area contributed by atoms with Gasteiger partial charge in [0.1, 0.15) is 18.3 Å². The van der Waals surface area contributed by atoms with E-state index in [9.17, 15) is 9.90 Å². The Labute approximate surface area is 233 Å². The van der Waals surface area contributed by atoms with Crippen LogP contribution in [0, 0.1) is 0 Å². The summed E-state index contributed by atoms with van der Waals surface area (Å²) in [6.45, 7) is 1.82. The summed E-state index contributed by atoms with van der Waals surface area (Å²) in [5, 5.41) is 11.4. The van der Waals surface area contributed by atoms with Crippen LogP contribution in [-0.4, -0.2) is 35.5 Å². The number of fused-ring (bicyclic) bond motifs is 2. The molecule has 0 aromatic heterocycles. The number of primary amides is 1. The Kier molecular flexibility index (Phi) is 6.68. The Morgan fingerprint density at radius 3 is 1.70 bits per heavy atom. The average Bonchev–Trinajstić information content (AvgIpc) is 3.58. The molecule has 3 N–H and O–H groups in total. The van der Waals surface area contributed by atoms with Gasteiger partial charge in [0.25, 0.3) is 0 Å². The highest BCUT2D eigenvalue weighted by Crippen LogP contribution is 2.61. The Balaban J connectivity index is 1.67. The van der Waals surface area contributed by atoms with Gasteiger partial charge in [0.05, 0.1) is 0 Å². The summed E-state index contributed by atoms with van der Waals surface area (Å²) < 4.78 is 26.3. The monoisotopic (exact) mass is 537 g/mol. The SMILES string of the molecule is CC[C@@H](O)[C@@]12O[C@@H](C(OC(N)=O)(c3ccccc3)c3ccccc3)[C@@H](O1)C(c1ccccc1)(c1ccccc1)O2. The minimum absolute atomic E-state index is 0.291. The number of aliphatic hydroxyl groups excluding tert-OH is 1. The van der Waals surface area contributed by atoms with E-state index in [0.29, 0.717) is 17.5 Å². The van der Waals surface area contributed by atoms with Crippen molar-refractivity contribution >= 4 is 6.09 Å². The van der Waals surface area contributed by atoms with Gasteiger partial charge in [-0.25, -0.2) is 4.79 Å². The molecule has 0 unspecified atom stereocenters. The van der Waals surface area contributed by atoms with Gasteiger partial charge in [-0.3, -0.25) is 0 Å². The minimum Gasteiger partial charge on any atom is -0.430 e. The molecular weight excluding hydrogens is 506 g/mol. The van der Waals surface area contributed by atoms with Crippen LogP contribution in [0.1, 0.15) is 35.6 Å². The maximum absolute atomic E-state index is 12.7. The first kappa shape index (κ1) is 26.2. The number of benzene rings is 4. The molecule has 0 saturated carbocycles. The van der Waals surface area contributed by atoms with E-state index in [4.69, 9.17) is 24.7 Å². The summed E-state index contributed by atoms with van der Waals surface area (Å²) in [7, 11) is 0. The van der Waals surface area contributed by atoms with Crippen LogP contribution in [0.4, 0.5) is 4.79 Å². The van der Waals surface area contributed by atoms with Crippen LogP contribution in [0.5, 0.6) is 0 Å². The fourth-order valence-electron chi connectivity index (χ4n) is 6.09. The second-order valence-electron chi connectivity index (χ2n) is 10.1. The van der Waals surface area contributed by atoms with E-state index in [1.165, 1.54) is 0 Å². The Hall–Kier alpha value is -4.01. The fourth-order valence-corrected chi connectivity index (χ4v) is 6.09. The summed E-state index contributed by atoms with van der Waals surface area (Å²) in [6, 6.07) is 38.1. The fraction of sp³-hybridized carbons (Fsp3) is 0.242. The van der Waals surface area contributed by atoms with Crippen molar-refractivity contribution in [1.82, 2.24) is 0 Å². The number of hydrogen-bond acceptors (Lipinski definition) is 6. The quantitative estimate of drug-likeness (QED) is 0.320. The highest BCUT2D eigenvalue weighted by atomic mass is 16.9. The standard InChI is InChI=1S/C33H31NO6/c1-2-27(35)33-37-28(31(39-30(34)36,23-15-7-3-8-16-23)24-17-9-4-10-18-24)29(38-33)32(40-33,25-19-11-5-12-20-25)26-21-13-6-14-22-26/h3-22,27-29,35H,2H2,1H3,(H2,34,36)/t27-,28-,29-,33-/m1/s1. The van der Waals surface area contributed by atoms with Crippen LogP contribution in [0.3, 0.4) is 0 Å². The van der Waals surface area contributed by atoms with Gasteiger partial charge in [0, 0.05) is 11.1 Å². The zero-order chi connectivity index (χ0) is 27.8. The molecule has 2 heterocycles. The van der Waals surface area contributed by atoms with Gasteiger partial charge in [-0.2, -0.15) is 0 Å². The molecule has 2 bridgehead atoms. The van der Waals surface area contributed by atoms with Crippen LogP contribution in [0.2, 0.25) is 0 Å². The second-order valence-corrected chi connectivity index (χ2v) is 10.1. The molecule has 4 atom stereocenters. The lowest BCUT2D eigenvalue weighted by molar-refractivity contribution is -0.380. The lowest BCUT2D eigenvalue weighted by atomic mass is 9.71. The highest BCUT2D eigenvalue weighted by molar-refractivity contribution is 5.67. The van der Waals surface area contributed by atoms with Crippen LogP contribution in [0.25, 0.3) is 0 Å². The molecule has 2 fully saturated rings. The maximum atomic E-state index is 12.7. The van der Waals surface area contributed by atoms with E-state index in [0.717, 1.165) is 11.1 Å². The lowest BCUT2D eigenvalue weighted by Gasteiger charge is -2.48. The molecule has 4 aromatic rings. The molecule has 2 aliphatic heterocycles. The molecule has 0 spiro atoms. The number of amides is 1. The number of nitrogens with two attached hydrogens (primary N) is 1. The van der Waals surface area contributed by atoms with Crippen LogP contribution in [0.15, 0.2) is 121 Å². The number of rotatable bonds is 8. The van der Waals surface area contributed by atoms with E-state index in [2.05, 4.69) is 0 Å². The number of aliphatic hydroxyl groups is 1. The molecule has 6 rings (SSSR count). The zero-order valence-electron chi connectivity index (χ0n) is 22.1. The van der Waals surface area contributed by atoms with Crippen molar-refractivity contribution in [3.05, 3.63) is 144 Å². The van der Waals surface area contributed by atoms with Crippen molar-refractivity contribution in [2.75, 3.05) is 0 Å². The third-order valence-electron chi connectivity index (χ3n) is 7.83. The van der Waals surface area contributed by atoms with Crippen molar-refractivity contribution < 1.29 is 28.8 Å². The van der Waals surface area contributed by atoms with Crippen molar-refractivity contribution in [2.45, 2.75) is 48.8 Å². The predicted octanol–water partition coefficient (Wildman–Crippen LogP) is 5.21. The molecular formula is C33H31NO6. The summed E-state index contributed by atoms with van der Waals surface area (Å²) in [4.78, 5) is 12.7. The first-order chi connectivity index (χ1) is 19.5. The van der Waals surface area contributed by atoms with Gasteiger partial charge in [-0.15, -0.1) is 0 Å². The Bertz CT molecular complexity index is 1370. The molecule has 0 aliphatic carbocycles. The molecule has 4 aromatic carbocycles. The number of carbonyl (C=O) groups excluding carboxylic acids is 1. The first-order valence-corrected chi connectivity index (χ1v) is 13.4. The molecule has 7 heteroatoms. The maximum Gasteiger partial charge on any atom is 0.405 e. The van der Waals surface area contributed by atoms with Gasteiger partial charge >= 0.3 is 12.1 Å². The van der Waals surface area contributed by atoms with Gasteiger partial charge in [0.15, 0.2) is 11.2 Å². The van der Waals surface area contributed by atoms with Gasteiger partial charge in [-0.05, 0) is 17.5 Å². The van der Waals surface area contributed by atoms with Crippen molar-refractivity contribution in [3.8, 4) is 0 Å². The summed E-state index contributed by atoms with van der Waals surface area (Å²) in [5.41, 5.74) is 5.90. The molecule has 1 amide bonds. The van der Waals surface area contributed by atoms with Gasteiger partial charge in [-0.1, -0.05) is 128 Å². The van der Waals surface area contributed by atoms with E-state index in [-0.39, 0.29) is 0 Å².